The van der Waals surface area contributed by atoms with Crippen LogP contribution in [0.3, 0.4) is 0 Å². The zero-order chi connectivity index (χ0) is 6.41. The van der Waals surface area contributed by atoms with Crippen LogP contribution in [0.25, 0.3) is 0 Å². The van der Waals surface area contributed by atoms with Gasteiger partial charge in [0.1, 0.15) is 0 Å². The van der Waals surface area contributed by atoms with Gasteiger partial charge in [-0.2, -0.15) is 0 Å². The van der Waals surface area contributed by atoms with E-state index in [1.54, 1.807) is 11.9 Å². The molecule has 0 rings (SSSR count). The second kappa shape index (κ2) is 4.62. The zero-order valence-corrected chi connectivity index (χ0v) is 5.26. The van der Waals surface area contributed by atoms with Crippen molar-refractivity contribution in [3.05, 3.63) is 6.92 Å². The summed E-state index contributed by atoms with van der Waals surface area (Å²) in [5.74, 6) is 0. The van der Waals surface area contributed by atoms with Crippen molar-refractivity contribution in [2.24, 2.45) is 0 Å². The summed E-state index contributed by atoms with van der Waals surface area (Å²) in [5.41, 5.74) is 0. The summed E-state index contributed by atoms with van der Waals surface area (Å²) >= 11 is 0. The summed E-state index contributed by atoms with van der Waals surface area (Å²) in [6.45, 7) is 4.48. The molecule has 1 amide bonds. The molecule has 0 aliphatic carbocycles. The molecule has 0 fully saturated rings. The molecular formula is C6H12NO. The lowest BCUT2D eigenvalue weighted by Gasteiger charge is -2.07. The number of unbranched alkanes of at least 4 members (excludes halogenated alkanes) is 1. The summed E-state index contributed by atoms with van der Waals surface area (Å²) in [6, 6.07) is 0. The van der Waals surface area contributed by atoms with Gasteiger partial charge in [0.2, 0.25) is 6.41 Å². The van der Waals surface area contributed by atoms with Crippen molar-refractivity contribution in [3.63, 3.8) is 0 Å². The fourth-order valence-corrected chi connectivity index (χ4v) is 0.414. The number of rotatable bonds is 4. The van der Waals surface area contributed by atoms with Gasteiger partial charge in [0.25, 0.3) is 0 Å². The molecule has 2 nitrogen and oxygen atoms in total. The van der Waals surface area contributed by atoms with Crippen LogP contribution in [0.4, 0.5) is 0 Å². The second-order valence-corrected chi connectivity index (χ2v) is 1.79. The van der Waals surface area contributed by atoms with Crippen molar-refractivity contribution in [2.45, 2.75) is 12.8 Å². The van der Waals surface area contributed by atoms with Crippen LogP contribution in [0.1, 0.15) is 12.8 Å². The highest BCUT2D eigenvalue weighted by Crippen LogP contribution is 1.86. The second-order valence-electron chi connectivity index (χ2n) is 1.79. The monoisotopic (exact) mass is 114 g/mol. The zero-order valence-electron chi connectivity index (χ0n) is 5.26. The first-order valence-corrected chi connectivity index (χ1v) is 2.76. The molecule has 0 aliphatic rings. The molecule has 8 heavy (non-hydrogen) atoms. The lowest BCUT2D eigenvalue weighted by atomic mass is 10.3. The Hall–Kier alpha value is -0.530. The van der Waals surface area contributed by atoms with E-state index in [4.69, 9.17) is 0 Å². The van der Waals surface area contributed by atoms with Crippen LogP contribution < -0.4 is 0 Å². The van der Waals surface area contributed by atoms with E-state index in [2.05, 4.69) is 6.92 Å². The molecule has 0 unspecified atom stereocenters. The molecule has 0 aromatic rings. The Morgan fingerprint density at radius 1 is 1.75 bits per heavy atom. The van der Waals surface area contributed by atoms with Crippen molar-refractivity contribution in [3.8, 4) is 0 Å². The van der Waals surface area contributed by atoms with Gasteiger partial charge < -0.3 is 4.90 Å². The average molecular weight is 114 g/mol. The minimum absolute atomic E-state index is 0.826. The number of carbonyl (C=O) groups excluding carboxylic acids is 1. The lowest BCUT2D eigenvalue weighted by molar-refractivity contribution is -0.117. The first kappa shape index (κ1) is 7.47. The van der Waals surface area contributed by atoms with Crippen LogP contribution in [0, 0.1) is 6.92 Å². The molecule has 47 valence electrons. The maximum Gasteiger partial charge on any atom is 0.209 e. The Kier molecular flexibility index (Phi) is 4.32. The first-order valence-electron chi connectivity index (χ1n) is 2.76. The molecule has 0 saturated heterocycles. The number of amides is 1. The van der Waals surface area contributed by atoms with E-state index in [0.29, 0.717) is 0 Å². The van der Waals surface area contributed by atoms with E-state index in [1.165, 1.54) is 0 Å². The molecule has 0 aromatic carbocycles. The van der Waals surface area contributed by atoms with Crippen LogP contribution in [-0.4, -0.2) is 24.9 Å². The average Bonchev–Trinajstić information content (AvgIpc) is 1.83. The SMILES string of the molecule is [CH2]CCCN(C)C=O. The predicted octanol–water partition coefficient (Wildman–Crippen LogP) is 0.689. The van der Waals surface area contributed by atoms with Gasteiger partial charge >= 0.3 is 0 Å². The van der Waals surface area contributed by atoms with Gasteiger partial charge in [-0.3, -0.25) is 4.79 Å². The van der Waals surface area contributed by atoms with Crippen LogP contribution >= 0.6 is 0 Å². The molecule has 0 bridgehead atoms. The highest BCUT2D eigenvalue weighted by atomic mass is 16.1. The standard InChI is InChI=1S/C6H12NO/c1-3-4-5-7(2)6-8/h6H,1,3-5H2,2H3. The number of carbonyl (C=O) groups is 1. The molecule has 0 spiro atoms. The smallest absolute Gasteiger partial charge is 0.209 e. The summed E-state index contributed by atoms with van der Waals surface area (Å²) in [4.78, 5) is 11.5. The van der Waals surface area contributed by atoms with Crippen molar-refractivity contribution >= 4 is 6.41 Å². The number of hydrogen-bond donors (Lipinski definition) is 0. The molecule has 0 atom stereocenters. The molecule has 0 N–H and O–H groups in total. The topological polar surface area (TPSA) is 20.3 Å². The van der Waals surface area contributed by atoms with E-state index in [-0.39, 0.29) is 0 Å². The Bertz CT molecular complexity index is 63.5. The first-order chi connectivity index (χ1) is 3.81. The maximum absolute atomic E-state index is 9.92. The van der Waals surface area contributed by atoms with Gasteiger partial charge in [0.05, 0.1) is 0 Å². The Balaban J connectivity index is 2.98. The summed E-state index contributed by atoms with van der Waals surface area (Å²) in [6.07, 6.45) is 2.73. The van der Waals surface area contributed by atoms with Crippen molar-refractivity contribution in [2.75, 3.05) is 13.6 Å². The van der Waals surface area contributed by atoms with E-state index < -0.39 is 0 Å². The minimum Gasteiger partial charge on any atom is -0.348 e. The number of nitrogens with zero attached hydrogens (tertiary/aromatic N) is 1. The van der Waals surface area contributed by atoms with Crippen molar-refractivity contribution in [1.82, 2.24) is 4.90 Å². The van der Waals surface area contributed by atoms with Crippen LogP contribution in [0.2, 0.25) is 0 Å². The summed E-state index contributed by atoms with van der Waals surface area (Å²) in [5, 5.41) is 0. The molecule has 2 heteroatoms. The number of hydrogen-bond acceptors (Lipinski definition) is 1. The van der Waals surface area contributed by atoms with Gasteiger partial charge in [-0.15, -0.1) is 0 Å². The van der Waals surface area contributed by atoms with Gasteiger partial charge in [-0.25, -0.2) is 0 Å². The van der Waals surface area contributed by atoms with Crippen LogP contribution in [0.5, 0.6) is 0 Å². The lowest BCUT2D eigenvalue weighted by Crippen LogP contribution is -2.16. The summed E-state index contributed by atoms with van der Waals surface area (Å²) < 4.78 is 0. The van der Waals surface area contributed by atoms with Gasteiger partial charge in [0.15, 0.2) is 0 Å². The van der Waals surface area contributed by atoms with Gasteiger partial charge in [0, 0.05) is 13.6 Å². The van der Waals surface area contributed by atoms with Gasteiger partial charge in [-0.1, -0.05) is 13.3 Å². The fraction of sp³-hybridized carbons (Fsp3) is 0.667. The third-order valence-corrected chi connectivity index (χ3v) is 0.941. The predicted molar refractivity (Wildman–Crippen MR) is 33.3 cm³/mol. The minimum atomic E-state index is 0.826. The molecule has 0 aliphatic heterocycles. The molecule has 0 heterocycles. The maximum atomic E-state index is 9.92. The fourth-order valence-electron chi connectivity index (χ4n) is 0.414. The Labute approximate surface area is 50.5 Å². The highest BCUT2D eigenvalue weighted by Gasteiger charge is 1.88. The van der Waals surface area contributed by atoms with E-state index in [9.17, 15) is 4.79 Å². The molecule has 1 radical (unpaired) electrons. The van der Waals surface area contributed by atoms with Crippen molar-refractivity contribution < 1.29 is 4.79 Å². The van der Waals surface area contributed by atoms with E-state index in [1.807, 2.05) is 0 Å². The summed E-state index contributed by atoms with van der Waals surface area (Å²) in [7, 11) is 1.77. The van der Waals surface area contributed by atoms with Crippen molar-refractivity contribution in [1.29, 1.82) is 0 Å². The van der Waals surface area contributed by atoms with Crippen LogP contribution in [0.15, 0.2) is 0 Å². The third-order valence-electron chi connectivity index (χ3n) is 0.941. The normalized spacial score (nSPS) is 8.75. The van der Waals surface area contributed by atoms with Crippen LogP contribution in [-0.2, 0) is 4.79 Å². The van der Waals surface area contributed by atoms with Gasteiger partial charge in [-0.05, 0) is 6.42 Å². The Morgan fingerprint density at radius 3 is 2.75 bits per heavy atom. The molecule has 0 saturated carbocycles. The quantitative estimate of drug-likeness (QED) is 0.492. The van der Waals surface area contributed by atoms with E-state index >= 15 is 0 Å². The van der Waals surface area contributed by atoms with E-state index in [0.717, 1.165) is 25.8 Å². The highest BCUT2D eigenvalue weighted by molar-refractivity contribution is 5.46. The largest absolute Gasteiger partial charge is 0.348 e. The third kappa shape index (κ3) is 3.65. The molecular weight excluding hydrogens is 102 g/mol. The molecule has 0 aromatic heterocycles. The Morgan fingerprint density at radius 2 is 2.38 bits per heavy atom.